The third kappa shape index (κ3) is 3.99. The van der Waals surface area contributed by atoms with Crippen molar-refractivity contribution < 1.29 is 9.47 Å². The summed E-state index contributed by atoms with van der Waals surface area (Å²) in [5.41, 5.74) is 3.08. The SMILES string of the molecule is Cc1cc(N2CCC3(CC2)OCCO3)nc(Nc2ccc(N(C)C)cc2)n1. The Hall–Kier alpha value is -2.38. The number of hydrogen-bond donors (Lipinski definition) is 1. The summed E-state index contributed by atoms with van der Waals surface area (Å²) in [4.78, 5) is 13.6. The Kier molecular flexibility index (Phi) is 4.88. The fourth-order valence-corrected chi connectivity index (χ4v) is 3.60. The summed E-state index contributed by atoms with van der Waals surface area (Å²) in [6.45, 7) is 5.14. The number of hydrogen-bond acceptors (Lipinski definition) is 7. The molecule has 7 heteroatoms. The second kappa shape index (κ2) is 7.32. The molecule has 3 heterocycles. The maximum absolute atomic E-state index is 5.82. The number of aromatic nitrogens is 2. The van der Waals surface area contributed by atoms with E-state index in [1.807, 2.05) is 39.2 Å². The molecule has 2 saturated heterocycles. The molecule has 1 aromatic carbocycles. The Balaban J connectivity index is 1.46. The summed E-state index contributed by atoms with van der Waals surface area (Å²) in [7, 11) is 4.06. The van der Waals surface area contributed by atoms with E-state index < -0.39 is 0 Å². The van der Waals surface area contributed by atoms with Crippen molar-refractivity contribution in [3.8, 4) is 0 Å². The van der Waals surface area contributed by atoms with E-state index in [0.717, 1.165) is 48.8 Å². The van der Waals surface area contributed by atoms with Crippen molar-refractivity contribution in [3.05, 3.63) is 36.0 Å². The molecule has 7 nitrogen and oxygen atoms in total. The number of piperidine rings is 1. The summed E-state index contributed by atoms with van der Waals surface area (Å²) in [6.07, 6.45) is 1.73. The number of aryl methyl sites for hydroxylation is 1. The number of benzene rings is 1. The molecule has 1 N–H and O–H groups in total. The molecule has 1 aromatic heterocycles. The normalized spacial score (nSPS) is 18.7. The second-order valence-corrected chi connectivity index (χ2v) is 7.35. The van der Waals surface area contributed by atoms with Gasteiger partial charge in [0.25, 0.3) is 0 Å². The largest absolute Gasteiger partial charge is 0.378 e. The van der Waals surface area contributed by atoms with Crippen LogP contribution in [0.5, 0.6) is 0 Å². The van der Waals surface area contributed by atoms with Gasteiger partial charge in [0.05, 0.1) is 13.2 Å². The van der Waals surface area contributed by atoms with Crippen molar-refractivity contribution >= 4 is 23.1 Å². The van der Waals surface area contributed by atoms with Crippen molar-refractivity contribution in [2.45, 2.75) is 25.6 Å². The van der Waals surface area contributed by atoms with Gasteiger partial charge in [-0.25, -0.2) is 4.98 Å². The molecule has 0 radical (unpaired) electrons. The van der Waals surface area contributed by atoms with Gasteiger partial charge in [-0.2, -0.15) is 4.98 Å². The lowest BCUT2D eigenvalue weighted by Gasteiger charge is -2.38. The van der Waals surface area contributed by atoms with Gasteiger partial charge in [0.1, 0.15) is 5.82 Å². The molecule has 2 aliphatic rings. The smallest absolute Gasteiger partial charge is 0.229 e. The Bertz CT molecular complexity index is 777. The van der Waals surface area contributed by atoms with Gasteiger partial charge in [0.15, 0.2) is 5.79 Å². The highest BCUT2D eigenvalue weighted by atomic mass is 16.7. The number of rotatable bonds is 4. The predicted molar refractivity (Wildman–Crippen MR) is 107 cm³/mol. The zero-order chi connectivity index (χ0) is 18.9. The van der Waals surface area contributed by atoms with Gasteiger partial charge in [0.2, 0.25) is 5.95 Å². The Morgan fingerprint density at radius 2 is 1.70 bits per heavy atom. The monoisotopic (exact) mass is 369 g/mol. The molecule has 0 bridgehead atoms. The zero-order valence-electron chi connectivity index (χ0n) is 16.2. The molecule has 2 fully saturated rings. The van der Waals surface area contributed by atoms with E-state index >= 15 is 0 Å². The van der Waals surface area contributed by atoms with Gasteiger partial charge in [-0.1, -0.05) is 0 Å². The Labute approximate surface area is 160 Å². The van der Waals surface area contributed by atoms with Crippen LogP contribution in [0.2, 0.25) is 0 Å². The molecule has 0 unspecified atom stereocenters. The van der Waals surface area contributed by atoms with Crippen molar-refractivity contribution in [1.29, 1.82) is 0 Å². The van der Waals surface area contributed by atoms with E-state index in [4.69, 9.17) is 14.5 Å². The highest BCUT2D eigenvalue weighted by Gasteiger charge is 2.40. The van der Waals surface area contributed by atoms with Crippen LogP contribution in [0.4, 0.5) is 23.1 Å². The van der Waals surface area contributed by atoms with Gasteiger partial charge in [-0.3, -0.25) is 0 Å². The summed E-state index contributed by atoms with van der Waals surface area (Å²) >= 11 is 0. The zero-order valence-corrected chi connectivity index (χ0v) is 16.2. The minimum atomic E-state index is -0.367. The van der Waals surface area contributed by atoms with Crippen LogP contribution in [0.15, 0.2) is 30.3 Å². The lowest BCUT2D eigenvalue weighted by molar-refractivity contribution is -0.169. The average Bonchev–Trinajstić information content (AvgIpc) is 3.10. The van der Waals surface area contributed by atoms with Crippen molar-refractivity contribution in [1.82, 2.24) is 9.97 Å². The molecule has 1 spiro atoms. The van der Waals surface area contributed by atoms with E-state index in [1.165, 1.54) is 0 Å². The van der Waals surface area contributed by atoms with Gasteiger partial charge in [0, 0.05) is 63.2 Å². The van der Waals surface area contributed by atoms with Gasteiger partial charge >= 0.3 is 0 Å². The Morgan fingerprint density at radius 3 is 2.33 bits per heavy atom. The van der Waals surface area contributed by atoms with E-state index in [0.29, 0.717) is 19.2 Å². The van der Waals surface area contributed by atoms with Crippen molar-refractivity contribution in [2.24, 2.45) is 0 Å². The summed E-state index contributed by atoms with van der Waals surface area (Å²) in [5.74, 6) is 1.20. The number of anilines is 4. The highest BCUT2D eigenvalue weighted by Crippen LogP contribution is 2.33. The van der Waals surface area contributed by atoms with E-state index in [9.17, 15) is 0 Å². The topological polar surface area (TPSA) is 62.8 Å². The lowest BCUT2D eigenvalue weighted by Crippen LogP contribution is -2.45. The molecule has 4 rings (SSSR count). The maximum Gasteiger partial charge on any atom is 0.229 e. The molecule has 0 aliphatic carbocycles. The third-order valence-electron chi connectivity index (χ3n) is 5.14. The number of nitrogens with one attached hydrogen (secondary N) is 1. The summed E-state index contributed by atoms with van der Waals surface area (Å²) < 4.78 is 11.6. The molecular weight excluding hydrogens is 342 g/mol. The number of ether oxygens (including phenoxy) is 2. The minimum absolute atomic E-state index is 0.367. The van der Waals surface area contributed by atoms with Gasteiger partial charge in [-0.05, 0) is 31.2 Å². The minimum Gasteiger partial charge on any atom is -0.378 e. The maximum atomic E-state index is 5.82. The molecule has 2 aromatic rings. The second-order valence-electron chi connectivity index (χ2n) is 7.35. The fraction of sp³-hybridized carbons (Fsp3) is 0.500. The molecule has 27 heavy (non-hydrogen) atoms. The fourth-order valence-electron chi connectivity index (χ4n) is 3.60. The molecule has 144 valence electrons. The van der Waals surface area contributed by atoms with E-state index in [1.54, 1.807) is 0 Å². The lowest BCUT2D eigenvalue weighted by atomic mass is 10.0. The van der Waals surface area contributed by atoms with Gasteiger partial charge < -0.3 is 24.6 Å². The van der Waals surface area contributed by atoms with Crippen LogP contribution in [0, 0.1) is 6.92 Å². The number of nitrogens with zero attached hydrogens (tertiary/aromatic N) is 4. The van der Waals surface area contributed by atoms with Crippen LogP contribution in [-0.2, 0) is 9.47 Å². The highest BCUT2D eigenvalue weighted by molar-refractivity contribution is 5.60. The quantitative estimate of drug-likeness (QED) is 0.889. The average molecular weight is 369 g/mol. The van der Waals surface area contributed by atoms with Crippen LogP contribution in [0.3, 0.4) is 0 Å². The Morgan fingerprint density at radius 1 is 1.04 bits per heavy atom. The standard InChI is InChI=1S/C20H27N5O2/c1-15-14-18(25-10-8-20(9-11-25)26-12-13-27-20)23-19(21-15)22-16-4-6-17(7-5-16)24(2)3/h4-7,14H,8-13H2,1-3H3,(H,21,22,23). The van der Waals surface area contributed by atoms with Crippen LogP contribution in [0.1, 0.15) is 18.5 Å². The first-order valence-corrected chi connectivity index (χ1v) is 9.46. The van der Waals surface area contributed by atoms with Crippen molar-refractivity contribution in [3.63, 3.8) is 0 Å². The van der Waals surface area contributed by atoms with Crippen LogP contribution in [0.25, 0.3) is 0 Å². The van der Waals surface area contributed by atoms with Crippen LogP contribution < -0.4 is 15.1 Å². The molecule has 0 atom stereocenters. The molecule has 0 amide bonds. The third-order valence-corrected chi connectivity index (χ3v) is 5.14. The van der Waals surface area contributed by atoms with Crippen LogP contribution >= 0.6 is 0 Å². The van der Waals surface area contributed by atoms with E-state index in [2.05, 4.69) is 32.2 Å². The summed E-state index contributed by atoms with van der Waals surface area (Å²) in [6, 6.07) is 10.3. The van der Waals surface area contributed by atoms with Crippen molar-refractivity contribution in [2.75, 3.05) is 55.5 Å². The van der Waals surface area contributed by atoms with E-state index in [-0.39, 0.29) is 5.79 Å². The first-order valence-electron chi connectivity index (χ1n) is 9.46. The van der Waals surface area contributed by atoms with Gasteiger partial charge in [-0.15, -0.1) is 0 Å². The predicted octanol–water partition coefficient (Wildman–Crippen LogP) is 2.94. The first-order chi connectivity index (χ1) is 13.0. The first kappa shape index (κ1) is 18.0. The summed E-state index contributed by atoms with van der Waals surface area (Å²) in [5, 5.41) is 3.32. The molecule has 0 saturated carbocycles. The molecule has 2 aliphatic heterocycles. The van der Waals surface area contributed by atoms with Crippen LogP contribution in [-0.4, -0.2) is 56.2 Å². The molecular formula is C20H27N5O2.